The monoisotopic (exact) mass is 463 g/mol. The number of thiophene rings is 1. The molecule has 0 atom stereocenters. The second-order valence-electron chi connectivity index (χ2n) is 6.62. The second-order valence-corrected chi connectivity index (χ2v) is 9.09. The topological polar surface area (TPSA) is 80.3 Å². The molecule has 0 saturated heterocycles. The Hall–Kier alpha value is -2.42. The van der Waals surface area contributed by atoms with Crippen LogP contribution in [0.5, 0.6) is 5.75 Å². The Kier molecular flexibility index (Phi) is 7.84. The molecule has 0 saturated carbocycles. The number of aryl methyl sites for hydroxylation is 1. The van der Waals surface area contributed by atoms with Gasteiger partial charge < -0.3 is 15.4 Å². The highest BCUT2D eigenvalue weighted by Gasteiger charge is 2.10. The van der Waals surface area contributed by atoms with E-state index in [1.165, 1.54) is 18.3 Å². The maximum atomic E-state index is 12.2. The van der Waals surface area contributed by atoms with Crippen molar-refractivity contribution < 1.29 is 14.3 Å². The first-order valence-electron chi connectivity index (χ1n) is 9.38. The lowest BCUT2D eigenvalue weighted by Gasteiger charge is -2.09. The standard InChI is InChI=1S/C21H22ClN3O3S2/c1-13-10-15(22)5-7-18(13)28-9-3-4-20(27)25-21-24-17(12-29-21)19-8-6-16(30-19)11-23-14(2)26/h5-8,10,12H,3-4,9,11H2,1-2H3,(H,23,26)(H,24,25,27). The lowest BCUT2D eigenvalue weighted by molar-refractivity contribution is -0.119. The number of nitrogens with zero attached hydrogens (tertiary/aromatic N) is 1. The quantitative estimate of drug-likeness (QED) is 0.424. The molecule has 0 aliphatic carbocycles. The molecule has 3 rings (SSSR count). The SMILES string of the molecule is CC(=O)NCc1ccc(-c2csc(NC(=O)CCCOc3ccc(Cl)cc3C)n2)s1. The summed E-state index contributed by atoms with van der Waals surface area (Å²) in [5.41, 5.74) is 1.78. The third kappa shape index (κ3) is 6.55. The van der Waals surface area contributed by atoms with Crippen molar-refractivity contribution in [1.82, 2.24) is 10.3 Å². The van der Waals surface area contributed by atoms with E-state index in [1.54, 1.807) is 17.4 Å². The average molecular weight is 464 g/mol. The molecule has 6 nitrogen and oxygen atoms in total. The predicted octanol–water partition coefficient (Wildman–Crippen LogP) is 5.27. The van der Waals surface area contributed by atoms with Crippen LogP contribution in [0, 0.1) is 6.92 Å². The molecule has 0 aliphatic rings. The van der Waals surface area contributed by atoms with Crippen molar-refractivity contribution in [3.63, 3.8) is 0 Å². The number of nitrogens with one attached hydrogen (secondary N) is 2. The van der Waals surface area contributed by atoms with E-state index in [4.69, 9.17) is 16.3 Å². The number of ether oxygens (including phenoxy) is 1. The highest BCUT2D eigenvalue weighted by molar-refractivity contribution is 7.17. The van der Waals surface area contributed by atoms with Gasteiger partial charge in [-0.1, -0.05) is 11.6 Å². The number of halogens is 1. The summed E-state index contributed by atoms with van der Waals surface area (Å²) in [7, 11) is 0. The van der Waals surface area contributed by atoms with Crippen LogP contribution >= 0.6 is 34.3 Å². The summed E-state index contributed by atoms with van der Waals surface area (Å²) in [6, 6.07) is 9.41. The van der Waals surface area contributed by atoms with Crippen LogP contribution in [-0.2, 0) is 16.1 Å². The van der Waals surface area contributed by atoms with Gasteiger partial charge in [-0.05, 0) is 49.2 Å². The van der Waals surface area contributed by atoms with Crippen LogP contribution < -0.4 is 15.4 Å². The van der Waals surface area contributed by atoms with Crippen molar-refractivity contribution in [3.05, 3.63) is 51.2 Å². The number of rotatable bonds is 9. The molecular formula is C21H22ClN3O3S2. The molecule has 0 radical (unpaired) electrons. The van der Waals surface area contributed by atoms with Crippen molar-refractivity contribution in [1.29, 1.82) is 0 Å². The molecule has 0 unspecified atom stereocenters. The smallest absolute Gasteiger partial charge is 0.226 e. The van der Waals surface area contributed by atoms with Gasteiger partial charge in [0.25, 0.3) is 0 Å². The molecule has 9 heteroatoms. The zero-order chi connectivity index (χ0) is 21.5. The first kappa shape index (κ1) is 22.3. The average Bonchev–Trinajstić information content (AvgIpc) is 3.34. The van der Waals surface area contributed by atoms with Crippen LogP contribution in [0.15, 0.2) is 35.7 Å². The lowest BCUT2D eigenvalue weighted by Crippen LogP contribution is -2.17. The molecule has 3 aromatic rings. The number of amides is 2. The van der Waals surface area contributed by atoms with Crippen molar-refractivity contribution in [2.24, 2.45) is 0 Å². The maximum absolute atomic E-state index is 12.2. The van der Waals surface area contributed by atoms with Gasteiger partial charge in [0.2, 0.25) is 11.8 Å². The van der Waals surface area contributed by atoms with Gasteiger partial charge in [0.15, 0.2) is 5.13 Å². The second kappa shape index (κ2) is 10.6. The summed E-state index contributed by atoms with van der Waals surface area (Å²) >= 11 is 8.89. The molecule has 0 bridgehead atoms. The fourth-order valence-corrected chi connectivity index (χ4v) is 4.57. The summed E-state index contributed by atoms with van der Waals surface area (Å²) in [6.45, 7) is 4.38. The van der Waals surface area contributed by atoms with Gasteiger partial charge in [-0.25, -0.2) is 4.98 Å². The van der Waals surface area contributed by atoms with Crippen molar-refractivity contribution >= 4 is 51.2 Å². The minimum absolute atomic E-state index is 0.0580. The van der Waals surface area contributed by atoms with Crippen LogP contribution in [0.3, 0.4) is 0 Å². The van der Waals surface area contributed by atoms with Crippen molar-refractivity contribution in [3.8, 4) is 16.3 Å². The molecule has 2 aromatic heterocycles. The predicted molar refractivity (Wildman–Crippen MR) is 122 cm³/mol. The van der Waals surface area contributed by atoms with Crippen molar-refractivity contribution in [2.75, 3.05) is 11.9 Å². The van der Waals surface area contributed by atoms with Crippen LogP contribution in [-0.4, -0.2) is 23.4 Å². The molecule has 30 heavy (non-hydrogen) atoms. The lowest BCUT2D eigenvalue weighted by atomic mass is 10.2. The normalized spacial score (nSPS) is 10.6. The molecule has 2 N–H and O–H groups in total. The summed E-state index contributed by atoms with van der Waals surface area (Å²) in [6.07, 6.45) is 0.949. The van der Waals surface area contributed by atoms with E-state index in [2.05, 4.69) is 15.6 Å². The van der Waals surface area contributed by atoms with E-state index < -0.39 is 0 Å². The fraction of sp³-hybridized carbons (Fsp3) is 0.286. The maximum Gasteiger partial charge on any atom is 0.226 e. The van der Waals surface area contributed by atoms with E-state index in [1.807, 2.05) is 36.6 Å². The molecule has 0 spiro atoms. The molecule has 0 fully saturated rings. The third-order valence-electron chi connectivity index (χ3n) is 4.12. The Balaban J connectivity index is 1.44. The number of anilines is 1. The number of hydrogen-bond acceptors (Lipinski definition) is 6. The molecular weight excluding hydrogens is 442 g/mol. The zero-order valence-corrected chi connectivity index (χ0v) is 19.0. The Labute approximate surface area is 188 Å². The van der Waals surface area contributed by atoms with Gasteiger partial charge in [0.05, 0.1) is 23.7 Å². The zero-order valence-electron chi connectivity index (χ0n) is 16.7. The van der Waals surface area contributed by atoms with Gasteiger partial charge in [-0.3, -0.25) is 9.59 Å². The van der Waals surface area contributed by atoms with E-state index in [-0.39, 0.29) is 11.8 Å². The first-order valence-corrected chi connectivity index (χ1v) is 11.5. The summed E-state index contributed by atoms with van der Waals surface area (Å²) in [5.74, 6) is 0.625. The van der Waals surface area contributed by atoms with E-state index in [0.717, 1.165) is 26.8 Å². The number of aromatic nitrogens is 1. The molecule has 2 heterocycles. The van der Waals surface area contributed by atoms with Gasteiger partial charge in [0, 0.05) is 28.6 Å². The fourth-order valence-electron chi connectivity index (χ4n) is 2.64. The number of hydrogen-bond donors (Lipinski definition) is 2. The summed E-state index contributed by atoms with van der Waals surface area (Å²) in [5, 5.41) is 8.78. The number of carbonyl (C=O) groups excluding carboxylic acids is 2. The van der Waals surface area contributed by atoms with Gasteiger partial charge >= 0.3 is 0 Å². The molecule has 158 valence electrons. The van der Waals surface area contributed by atoms with E-state index in [0.29, 0.717) is 36.1 Å². The van der Waals surface area contributed by atoms with Gasteiger partial charge in [-0.2, -0.15) is 0 Å². The highest BCUT2D eigenvalue weighted by atomic mass is 35.5. The van der Waals surface area contributed by atoms with Crippen LogP contribution in [0.2, 0.25) is 5.02 Å². The Morgan fingerprint density at radius 2 is 2.07 bits per heavy atom. The summed E-state index contributed by atoms with van der Waals surface area (Å²) < 4.78 is 5.71. The number of thiazole rings is 1. The van der Waals surface area contributed by atoms with E-state index >= 15 is 0 Å². The Bertz CT molecular complexity index is 1030. The van der Waals surface area contributed by atoms with Crippen LogP contribution in [0.25, 0.3) is 10.6 Å². The minimum Gasteiger partial charge on any atom is -0.493 e. The van der Waals surface area contributed by atoms with Crippen LogP contribution in [0.4, 0.5) is 5.13 Å². The molecule has 1 aromatic carbocycles. The number of benzene rings is 1. The largest absolute Gasteiger partial charge is 0.493 e. The first-order chi connectivity index (χ1) is 14.4. The Morgan fingerprint density at radius 3 is 2.83 bits per heavy atom. The van der Waals surface area contributed by atoms with Gasteiger partial charge in [0.1, 0.15) is 5.75 Å². The van der Waals surface area contributed by atoms with Crippen LogP contribution in [0.1, 0.15) is 30.2 Å². The Morgan fingerprint density at radius 1 is 1.23 bits per heavy atom. The van der Waals surface area contributed by atoms with Crippen molar-refractivity contribution in [2.45, 2.75) is 33.2 Å². The summed E-state index contributed by atoms with van der Waals surface area (Å²) in [4.78, 5) is 29.7. The third-order valence-corrected chi connectivity index (χ3v) is 6.22. The van der Waals surface area contributed by atoms with Gasteiger partial charge in [-0.15, -0.1) is 22.7 Å². The minimum atomic E-state index is -0.0927. The number of carbonyl (C=O) groups is 2. The molecule has 2 amide bonds. The highest BCUT2D eigenvalue weighted by Crippen LogP contribution is 2.31. The molecule has 0 aliphatic heterocycles. The van der Waals surface area contributed by atoms with E-state index in [9.17, 15) is 9.59 Å².